The van der Waals surface area contributed by atoms with E-state index in [1.807, 2.05) is 46.3 Å². The summed E-state index contributed by atoms with van der Waals surface area (Å²) in [5, 5.41) is 6.61. The molecule has 1 N–H and O–H groups in total. The van der Waals surface area contributed by atoms with Crippen LogP contribution in [0.1, 0.15) is 24.7 Å². The van der Waals surface area contributed by atoms with Crippen LogP contribution in [0.3, 0.4) is 0 Å². The molecule has 4 aromatic rings. The molecule has 0 amide bonds. The number of rotatable bonds is 4. The van der Waals surface area contributed by atoms with Gasteiger partial charge in [-0.05, 0) is 36.4 Å². The van der Waals surface area contributed by atoms with E-state index in [0.29, 0.717) is 12.6 Å². The van der Waals surface area contributed by atoms with E-state index in [0.717, 1.165) is 40.4 Å². The number of nitrogens with zero attached hydrogens (tertiary/aromatic N) is 4. The standard InChI is InChI=1S/C17H15N5OS/c23-17-21(10-15-18-12-4-1-2-5-13(12)19-15)20-16(14-6-3-9-24-14)22(17)11-7-8-11/h1-6,9,11H,7-8,10H2,(H,18,19). The van der Waals surface area contributed by atoms with Crippen LogP contribution in [0.15, 0.2) is 46.6 Å². The molecule has 0 radical (unpaired) electrons. The highest BCUT2D eigenvalue weighted by atomic mass is 32.1. The Kier molecular flexibility index (Phi) is 2.96. The summed E-state index contributed by atoms with van der Waals surface area (Å²) in [4.78, 5) is 21.7. The molecule has 0 saturated heterocycles. The summed E-state index contributed by atoms with van der Waals surface area (Å²) in [6.07, 6.45) is 2.10. The maximum Gasteiger partial charge on any atom is 0.346 e. The summed E-state index contributed by atoms with van der Waals surface area (Å²) in [5.74, 6) is 1.52. The number of para-hydroxylation sites is 2. The molecule has 3 heterocycles. The third kappa shape index (κ3) is 2.20. The fraction of sp³-hybridized carbons (Fsp3) is 0.235. The van der Waals surface area contributed by atoms with Gasteiger partial charge in [-0.3, -0.25) is 4.57 Å². The van der Waals surface area contributed by atoms with Crippen LogP contribution in [0.2, 0.25) is 0 Å². The SMILES string of the molecule is O=c1n(Cc2nc3ccccc3[nH]2)nc(-c2cccs2)n1C1CC1. The number of imidazole rings is 1. The Bertz CT molecular complexity index is 1040. The number of nitrogens with one attached hydrogen (secondary N) is 1. The van der Waals surface area contributed by atoms with Gasteiger partial charge in [0.25, 0.3) is 0 Å². The van der Waals surface area contributed by atoms with Crippen LogP contribution in [-0.2, 0) is 6.54 Å². The number of hydrogen-bond donors (Lipinski definition) is 1. The van der Waals surface area contributed by atoms with Crippen molar-refractivity contribution in [2.75, 3.05) is 0 Å². The zero-order chi connectivity index (χ0) is 16.1. The van der Waals surface area contributed by atoms with Gasteiger partial charge in [0.1, 0.15) is 12.4 Å². The largest absolute Gasteiger partial charge is 0.346 e. The van der Waals surface area contributed by atoms with E-state index in [1.54, 1.807) is 11.3 Å². The van der Waals surface area contributed by atoms with Crippen molar-refractivity contribution in [1.82, 2.24) is 24.3 Å². The van der Waals surface area contributed by atoms with Crippen molar-refractivity contribution in [3.8, 4) is 10.7 Å². The predicted octanol–water partition coefficient (Wildman–Crippen LogP) is 3.03. The minimum Gasteiger partial charge on any atom is -0.340 e. The maximum atomic E-state index is 12.8. The van der Waals surface area contributed by atoms with Gasteiger partial charge >= 0.3 is 5.69 Å². The number of H-pyrrole nitrogens is 1. The monoisotopic (exact) mass is 337 g/mol. The number of fused-ring (bicyclic) bond motifs is 1. The van der Waals surface area contributed by atoms with E-state index >= 15 is 0 Å². The Labute approximate surface area is 141 Å². The first-order valence-electron chi connectivity index (χ1n) is 7.96. The van der Waals surface area contributed by atoms with Crippen molar-refractivity contribution in [3.05, 3.63) is 58.1 Å². The summed E-state index contributed by atoms with van der Waals surface area (Å²) in [7, 11) is 0. The van der Waals surface area contributed by atoms with Crippen molar-refractivity contribution < 1.29 is 0 Å². The molecule has 5 rings (SSSR count). The van der Waals surface area contributed by atoms with Crippen molar-refractivity contribution in [2.24, 2.45) is 0 Å². The third-order valence-corrected chi connectivity index (χ3v) is 5.13. The normalized spacial score (nSPS) is 14.5. The number of aromatic amines is 1. The Morgan fingerprint density at radius 1 is 1.21 bits per heavy atom. The van der Waals surface area contributed by atoms with E-state index in [4.69, 9.17) is 0 Å². The first kappa shape index (κ1) is 13.7. The Hall–Kier alpha value is -2.67. The lowest BCUT2D eigenvalue weighted by Gasteiger charge is -1.99. The van der Waals surface area contributed by atoms with E-state index in [-0.39, 0.29) is 5.69 Å². The van der Waals surface area contributed by atoms with E-state index in [9.17, 15) is 4.79 Å². The van der Waals surface area contributed by atoms with Gasteiger partial charge < -0.3 is 4.98 Å². The highest BCUT2D eigenvalue weighted by Crippen LogP contribution is 2.37. The average Bonchev–Trinajstić information content (AvgIpc) is 3.01. The van der Waals surface area contributed by atoms with Gasteiger partial charge in [-0.25, -0.2) is 14.5 Å². The van der Waals surface area contributed by atoms with Crippen LogP contribution in [0.5, 0.6) is 0 Å². The fourth-order valence-electron chi connectivity index (χ4n) is 2.98. The van der Waals surface area contributed by atoms with Gasteiger partial charge in [-0.2, -0.15) is 0 Å². The summed E-state index contributed by atoms with van der Waals surface area (Å²) in [6, 6.07) is 12.1. The minimum absolute atomic E-state index is 0.0543. The number of benzene rings is 1. The first-order valence-corrected chi connectivity index (χ1v) is 8.84. The van der Waals surface area contributed by atoms with Crippen LogP contribution in [0.25, 0.3) is 21.7 Å². The maximum absolute atomic E-state index is 12.8. The van der Waals surface area contributed by atoms with Crippen LogP contribution < -0.4 is 5.69 Å². The number of hydrogen-bond acceptors (Lipinski definition) is 4. The molecule has 7 heteroatoms. The van der Waals surface area contributed by atoms with Gasteiger partial charge in [-0.15, -0.1) is 16.4 Å². The van der Waals surface area contributed by atoms with E-state index in [2.05, 4.69) is 15.1 Å². The van der Waals surface area contributed by atoms with Crippen molar-refractivity contribution in [2.45, 2.75) is 25.4 Å². The van der Waals surface area contributed by atoms with Crippen molar-refractivity contribution >= 4 is 22.4 Å². The zero-order valence-electron chi connectivity index (χ0n) is 12.8. The topological polar surface area (TPSA) is 68.5 Å². The molecule has 0 spiro atoms. The third-order valence-electron chi connectivity index (χ3n) is 4.26. The quantitative estimate of drug-likeness (QED) is 0.622. The molecule has 1 aliphatic carbocycles. The fourth-order valence-corrected chi connectivity index (χ4v) is 3.69. The van der Waals surface area contributed by atoms with Crippen molar-refractivity contribution in [1.29, 1.82) is 0 Å². The van der Waals surface area contributed by atoms with Gasteiger partial charge in [0, 0.05) is 6.04 Å². The smallest absolute Gasteiger partial charge is 0.340 e. The number of thiophene rings is 1. The molecule has 120 valence electrons. The summed E-state index contributed by atoms with van der Waals surface area (Å²) >= 11 is 1.61. The van der Waals surface area contributed by atoms with Gasteiger partial charge in [0.15, 0.2) is 5.82 Å². The van der Waals surface area contributed by atoms with Crippen LogP contribution >= 0.6 is 11.3 Å². The molecule has 0 unspecified atom stereocenters. The minimum atomic E-state index is -0.0543. The second kappa shape index (κ2) is 5.17. The molecule has 0 bridgehead atoms. The lowest BCUT2D eigenvalue weighted by molar-refractivity contribution is 0.611. The Morgan fingerprint density at radius 3 is 2.83 bits per heavy atom. The highest BCUT2D eigenvalue weighted by Gasteiger charge is 2.30. The Morgan fingerprint density at radius 2 is 2.08 bits per heavy atom. The second-order valence-electron chi connectivity index (χ2n) is 6.04. The molecule has 0 aliphatic heterocycles. The number of aromatic nitrogens is 5. The van der Waals surface area contributed by atoms with Crippen LogP contribution in [0, 0.1) is 0 Å². The molecule has 1 aromatic carbocycles. The molecule has 3 aromatic heterocycles. The first-order chi connectivity index (χ1) is 11.8. The summed E-state index contributed by atoms with van der Waals surface area (Å²) in [6.45, 7) is 0.353. The Balaban J connectivity index is 1.58. The van der Waals surface area contributed by atoms with Gasteiger partial charge in [0.05, 0.1) is 15.9 Å². The van der Waals surface area contributed by atoms with Crippen LogP contribution in [0.4, 0.5) is 0 Å². The molecule has 0 atom stereocenters. The summed E-state index contributed by atoms with van der Waals surface area (Å²) < 4.78 is 3.36. The molecule has 1 aliphatic rings. The van der Waals surface area contributed by atoms with E-state index in [1.165, 1.54) is 4.68 Å². The van der Waals surface area contributed by atoms with Crippen molar-refractivity contribution in [3.63, 3.8) is 0 Å². The molecular weight excluding hydrogens is 322 g/mol. The molecule has 1 fully saturated rings. The zero-order valence-corrected chi connectivity index (χ0v) is 13.7. The van der Waals surface area contributed by atoms with E-state index < -0.39 is 0 Å². The molecule has 1 saturated carbocycles. The van der Waals surface area contributed by atoms with Crippen LogP contribution in [-0.4, -0.2) is 24.3 Å². The lowest BCUT2D eigenvalue weighted by atomic mass is 10.3. The summed E-state index contributed by atoms with van der Waals surface area (Å²) in [5.41, 5.74) is 1.82. The average molecular weight is 337 g/mol. The predicted molar refractivity (Wildman–Crippen MR) is 93.3 cm³/mol. The highest BCUT2D eigenvalue weighted by molar-refractivity contribution is 7.13. The molecule has 24 heavy (non-hydrogen) atoms. The second-order valence-corrected chi connectivity index (χ2v) is 6.99. The lowest BCUT2D eigenvalue weighted by Crippen LogP contribution is -2.25. The van der Waals surface area contributed by atoms with Gasteiger partial charge in [0.2, 0.25) is 0 Å². The van der Waals surface area contributed by atoms with Gasteiger partial charge in [-0.1, -0.05) is 18.2 Å². The molecule has 6 nitrogen and oxygen atoms in total. The molecular formula is C17H15N5OS.